The molecule has 1 aliphatic rings. The van der Waals surface area contributed by atoms with Crippen LogP contribution in [0.1, 0.15) is 59.2 Å². The van der Waals surface area contributed by atoms with Crippen LogP contribution in [0.5, 0.6) is 0 Å². The molecular formula is C18H31N3. The third-order valence-corrected chi connectivity index (χ3v) is 4.84. The van der Waals surface area contributed by atoms with Gasteiger partial charge >= 0.3 is 0 Å². The van der Waals surface area contributed by atoms with E-state index in [0.29, 0.717) is 12.1 Å². The third kappa shape index (κ3) is 3.97. The molecule has 2 heterocycles. The lowest BCUT2D eigenvalue weighted by molar-refractivity contribution is 0.297. The summed E-state index contributed by atoms with van der Waals surface area (Å²) in [5, 5.41) is 3.49. The molecule has 118 valence electrons. The number of anilines is 1. The van der Waals surface area contributed by atoms with Gasteiger partial charge in [0.15, 0.2) is 0 Å². The summed E-state index contributed by atoms with van der Waals surface area (Å²) in [5.41, 5.74) is 2.41. The van der Waals surface area contributed by atoms with Gasteiger partial charge in [-0.05, 0) is 57.2 Å². The molecule has 3 heteroatoms. The lowest BCUT2D eigenvalue weighted by Crippen LogP contribution is -2.45. The first kappa shape index (κ1) is 16.3. The molecule has 0 saturated carbocycles. The van der Waals surface area contributed by atoms with Crippen molar-refractivity contribution in [1.82, 2.24) is 10.3 Å². The maximum absolute atomic E-state index is 4.69. The first-order chi connectivity index (χ1) is 10.0. The Morgan fingerprint density at radius 3 is 2.71 bits per heavy atom. The maximum Gasteiger partial charge on any atom is 0.0572 e. The Morgan fingerprint density at radius 1 is 1.33 bits per heavy atom. The van der Waals surface area contributed by atoms with Crippen molar-refractivity contribution in [3.63, 3.8) is 0 Å². The lowest BCUT2D eigenvalue weighted by Gasteiger charge is -2.42. The van der Waals surface area contributed by atoms with Gasteiger partial charge in [-0.1, -0.05) is 20.8 Å². The lowest BCUT2D eigenvalue weighted by atomic mass is 9.86. The largest absolute Gasteiger partial charge is 0.367 e. The van der Waals surface area contributed by atoms with Crippen molar-refractivity contribution in [1.29, 1.82) is 0 Å². The van der Waals surface area contributed by atoms with Gasteiger partial charge < -0.3 is 10.2 Å². The number of piperidine rings is 1. The minimum absolute atomic E-state index is 0.329. The summed E-state index contributed by atoms with van der Waals surface area (Å²) < 4.78 is 0. The maximum atomic E-state index is 4.69. The summed E-state index contributed by atoms with van der Waals surface area (Å²) >= 11 is 0. The Labute approximate surface area is 130 Å². The molecule has 3 nitrogen and oxygen atoms in total. The molecule has 0 bridgehead atoms. The summed E-state index contributed by atoms with van der Waals surface area (Å²) in [4.78, 5) is 7.21. The SMILES string of the molecule is CCCNC(C)c1ccc(N2CC(C)CC(C)C2C)cn1. The van der Waals surface area contributed by atoms with Gasteiger partial charge in [0.2, 0.25) is 0 Å². The van der Waals surface area contributed by atoms with Crippen LogP contribution in [0, 0.1) is 11.8 Å². The van der Waals surface area contributed by atoms with E-state index in [1.807, 2.05) is 0 Å². The van der Waals surface area contributed by atoms with Crippen molar-refractivity contribution in [3.8, 4) is 0 Å². The Hall–Kier alpha value is -1.09. The van der Waals surface area contributed by atoms with E-state index < -0.39 is 0 Å². The number of nitrogens with one attached hydrogen (secondary N) is 1. The third-order valence-electron chi connectivity index (χ3n) is 4.84. The van der Waals surface area contributed by atoms with E-state index in [4.69, 9.17) is 0 Å². The van der Waals surface area contributed by atoms with E-state index >= 15 is 0 Å². The van der Waals surface area contributed by atoms with Crippen LogP contribution in [0.2, 0.25) is 0 Å². The van der Waals surface area contributed by atoms with Crippen LogP contribution in [-0.4, -0.2) is 24.1 Å². The highest BCUT2D eigenvalue weighted by atomic mass is 15.2. The fourth-order valence-electron chi connectivity index (χ4n) is 3.34. The average molecular weight is 289 g/mol. The van der Waals surface area contributed by atoms with E-state index in [2.05, 4.69) is 68.1 Å². The average Bonchev–Trinajstić information content (AvgIpc) is 2.48. The number of pyridine rings is 1. The Bertz CT molecular complexity index is 429. The highest BCUT2D eigenvalue weighted by Crippen LogP contribution is 2.31. The molecule has 2 rings (SSSR count). The number of hydrogen-bond acceptors (Lipinski definition) is 3. The van der Waals surface area contributed by atoms with Crippen LogP contribution in [0.3, 0.4) is 0 Å². The molecule has 1 fully saturated rings. The Balaban J connectivity index is 2.07. The van der Waals surface area contributed by atoms with Gasteiger partial charge in [0.1, 0.15) is 0 Å². The molecule has 0 radical (unpaired) electrons. The van der Waals surface area contributed by atoms with Gasteiger partial charge in [0.05, 0.1) is 17.6 Å². The second kappa shape index (κ2) is 7.26. The molecule has 0 spiro atoms. The summed E-state index contributed by atoms with van der Waals surface area (Å²) in [5.74, 6) is 1.51. The van der Waals surface area contributed by atoms with Crippen molar-refractivity contribution in [2.75, 3.05) is 18.0 Å². The van der Waals surface area contributed by atoms with Gasteiger partial charge in [0.25, 0.3) is 0 Å². The van der Waals surface area contributed by atoms with Gasteiger partial charge in [-0.2, -0.15) is 0 Å². The normalized spacial score (nSPS) is 27.7. The molecule has 4 atom stereocenters. The summed E-state index contributed by atoms with van der Waals surface area (Å²) in [6.07, 6.45) is 4.55. The fraction of sp³-hybridized carbons (Fsp3) is 0.722. The summed E-state index contributed by atoms with van der Waals surface area (Å²) in [6.45, 7) is 13.6. The van der Waals surface area contributed by atoms with Crippen LogP contribution in [0.15, 0.2) is 18.3 Å². The first-order valence-corrected chi connectivity index (χ1v) is 8.48. The van der Waals surface area contributed by atoms with Crippen LogP contribution in [0.4, 0.5) is 5.69 Å². The monoisotopic (exact) mass is 289 g/mol. The van der Waals surface area contributed by atoms with Crippen molar-refractivity contribution >= 4 is 5.69 Å². The summed E-state index contributed by atoms with van der Waals surface area (Å²) in [6, 6.07) is 5.35. The fourth-order valence-corrected chi connectivity index (χ4v) is 3.34. The number of rotatable bonds is 5. The number of nitrogens with zero attached hydrogens (tertiary/aromatic N) is 2. The smallest absolute Gasteiger partial charge is 0.0572 e. The van der Waals surface area contributed by atoms with Crippen LogP contribution >= 0.6 is 0 Å². The molecule has 4 unspecified atom stereocenters. The zero-order valence-electron chi connectivity index (χ0n) is 14.3. The van der Waals surface area contributed by atoms with Gasteiger partial charge in [-0.25, -0.2) is 0 Å². The number of aromatic nitrogens is 1. The quantitative estimate of drug-likeness (QED) is 0.887. The zero-order valence-corrected chi connectivity index (χ0v) is 14.3. The molecule has 1 saturated heterocycles. The van der Waals surface area contributed by atoms with E-state index in [0.717, 1.165) is 37.0 Å². The molecular weight excluding hydrogens is 258 g/mol. The highest BCUT2D eigenvalue weighted by Gasteiger charge is 2.29. The summed E-state index contributed by atoms with van der Waals surface area (Å²) in [7, 11) is 0. The topological polar surface area (TPSA) is 28.2 Å². The standard InChI is InChI=1S/C18H31N3/c1-6-9-19-15(4)18-8-7-17(11-20-18)21-12-13(2)10-14(3)16(21)5/h7-8,11,13-16,19H,6,9-10,12H2,1-5H3. The molecule has 21 heavy (non-hydrogen) atoms. The molecule has 1 aliphatic heterocycles. The molecule has 1 N–H and O–H groups in total. The van der Waals surface area contributed by atoms with Crippen LogP contribution < -0.4 is 10.2 Å². The van der Waals surface area contributed by atoms with Gasteiger partial charge in [-0.3, -0.25) is 4.98 Å². The zero-order chi connectivity index (χ0) is 15.4. The Kier molecular flexibility index (Phi) is 5.63. The predicted octanol–water partition coefficient (Wildman–Crippen LogP) is 4.01. The first-order valence-electron chi connectivity index (χ1n) is 8.48. The van der Waals surface area contributed by atoms with E-state index in [-0.39, 0.29) is 0 Å². The van der Waals surface area contributed by atoms with Gasteiger partial charge in [0, 0.05) is 18.6 Å². The van der Waals surface area contributed by atoms with Crippen LogP contribution in [-0.2, 0) is 0 Å². The minimum atomic E-state index is 0.329. The second-order valence-electron chi connectivity index (χ2n) is 6.83. The second-order valence-corrected chi connectivity index (χ2v) is 6.83. The van der Waals surface area contributed by atoms with Crippen molar-refractivity contribution in [3.05, 3.63) is 24.0 Å². The molecule has 0 amide bonds. The van der Waals surface area contributed by atoms with E-state index in [1.54, 1.807) is 0 Å². The molecule has 1 aromatic rings. The van der Waals surface area contributed by atoms with E-state index in [1.165, 1.54) is 12.1 Å². The predicted molar refractivity (Wildman–Crippen MR) is 90.7 cm³/mol. The van der Waals surface area contributed by atoms with Crippen LogP contribution in [0.25, 0.3) is 0 Å². The molecule has 0 aliphatic carbocycles. The molecule has 1 aromatic heterocycles. The minimum Gasteiger partial charge on any atom is -0.367 e. The van der Waals surface area contributed by atoms with Crippen molar-refractivity contribution in [2.45, 2.75) is 59.5 Å². The number of hydrogen-bond donors (Lipinski definition) is 1. The Morgan fingerprint density at radius 2 is 2.10 bits per heavy atom. The van der Waals surface area contributed by atoms with Crippen molar-refractivity contribution in [2.24, 2.45) is 11.8 Å². The highest BCUT2D eigenvalue weighted by molar-refractivity contribution is 5.46. The molecule has 0 aromatic carbocycles. The van der Waals surface area contributed by atoms with Gasteiger partial charge in [-0.15, -0.1) is 0 Å². The van der Waals surface area contributed by atoms with Crippen molar-refractivity contribution < 1.29 is 0 Å². The van der Waals surface area contributed by atoms with E-state index in [9.17, 15) is 0 Å².